The Labute approximate surface area is 242 Å². The zero-order valence-corrected chi connectivity index (χ0v) is 22.7. The Morgan fingerprint density at radius 2 is 1.67 bits per heavy atom. The van der Waals surface area contributed by atoms with Crippen LogP contribution in [0.25, 0.3) is 32.9 Å². The molecule has 0 aliphatic heterocycles. The topological polar surface area (TPSA) is 156 Å². The van der Waals surface area contributed by atoms with Gasteiger partial charge in [0.15, 0.2) is 5.13 Å². The molecule has 208 valence electrons. The molecule has 2 aromatic heterocycles. The zero-order valence-electron chi connectivity index (χ0n) is 21.9. The molecule has 4 aromatic carbocycles. The van der Waals surface area contributed by atoms with E-state index in [1.807, 2.05) is 12.1 Å². The largest absolute Gasteiger partial charge is 0.366 e. The van der Waals surface area contributed by atoms with Gasteiger partial charge >= 0.3 is 0 Å². The number of halogens is 1. The van der Waals surface area contributed by atoms with E-state index < -0.39 is 17.6 Å². The van der Waals surface area contributed by atoms with Crippen LogP contribution in [0.3, 0.4) is 0 Å². The number of primary amides is 1. The fourth-order valence-corrected chi connectivity index (χ4v) is 5.53. The number of thiazole rings is 1. The van der Waals surface area contributed by atoms with E-state index in [2.05, 4.69) is 20.6 Å². The minimum atomic E-state index is -0.612. The van der Waals surface area contributed by atoms with E-state index in [4.69, 9.17) is 11.5 Å². The van der Waals surface area contributed by atoms with Crippen LogP contribution in [-0.2, 0) is 6.54 Å². The second-order valence-electron chi connectivity index (χ2n) is 9.45. The lowest BCUT2D eigenvalue weighted by molar-refractivity contribution is 0.0997. The minimum absolute atomic E-state index is 0.0949. The summed E-state index contributed by atoms with van der Waals surface area (Å²) in [5.74, 6) is -1.78. The van der Waals surface area contributed by atoms with Crippen LogP contribution in [0.4, 0.5) is 15.2 Å². The number of carbonyl (C=O) groups excluding carboxylic acids is 3. The number of H-pyrrole nitrogens is 1. The number of nitrogens with two attached hydrogens (primary N) is 2. The molecule has 0 aliphatic carbocycles. The van der Waals surface area contributed by atoms with Gasteiger partial charge in [-0.15, -0.1) is 11.3 Å². The van der Waals surface area contributed by atoms with Gasteiger partial charge in [0, 0.05) is 51.2 Å². The maximum absolute atomic E-state index is 13.4. The Morgan fingerprint density at radius 1 is 0.905 bits per heavy atom. The van der Waals surface area contributed by atoms with Crippen molar-refractivity contribution in [3.05, 3.63) is 112 Å². The van der Waals surface area contributed by atoms with Crippen LogP contribution in [0.1, 0.15) is 36.6 Å². The highest BCUT2D eigenvalue weighted by molar-refractivity contribution is 7.13. The van der Waals surface area contributed by atoms with Crippen molar-refractivity contribution in [1.29, 1.82) is 0 Å². The molecule has 3 amide bonds. The summed E-state index contributed by atoms with van der Waals surface area (Å²) in [6, 6.07) is 19.3. The van der Waals surface area contributed by atoms with E-state index in [0.717, 1.165) is 16.5 Å². The highest BCUT2D eigenvalue weighted by Gasteiger charge is 2.21. The van der Waals surface area contributed by atoms with Gasteiger partial charge in [-0.2, -0.15) is 0 Å². The molecule has 6 aromatic rings. The van der Waals surface area contributed by atoms with Gasteiger partial charge in [-0.1, -0.05) is 24.3 Å². The lowest BCUT2D eigenvalue weighted by Crippen LogP contribution is -2.15. The number of hydrogen-bond acceptors (Lipinski definition) is 6. The fourth-order valence-electron chi connectivity index (χ4n) is 5.01. The summed E-state index contributed by atoms with van der Waals surface area (Å²) < 4.78 is 13.4. The van der Waals surface area contributed by atoms with Crippen LogP contribution in [0.2, 0.25) is 0 Å². The van der Waals surface area contributed by atoms with Crippen molar-refractivity contribution in [1.82, 2.24) is 9.97 Å². The molecular weight excluding hydrogens is 555 g/mol. The number of nitrogens with one attached hydrogen (secondary N) is 3. The number of nitrogens with zero attached hydrogens (tertiary/aromatic N) is 1. The van der Waals surface area contributed by atoms with Crippen molar-refractivity contribution in [2.24, 2.45) is 11.5 Å². The van der Waals surface area contributed by atoms with E-state index in [0.29, 0.717) is 43.9 Å². The SMILES string of the molecule is NCc1c(NC(=O)c2ccc(F)cc2)cccc1-c1ccc(C(N)=O)c2[nH]c3cc(C(=O)Nc4nccs4)ccc3c12. The highest BCUT2D eigenvalue weighted by Crippen LogP contribution is 2.39. The molecule has 0 spiro atoms. The second-order valence-corrected chi connectivity index (χ2v) is 10.3. The summed E-state index contributed by atoms with van der Waals surface area (Å²) in [7, 11) is 0. The molecule has 0 atom stereocenters. The van der Waals surface area contributed by atoms with E-state index >= 15 is 0 Å². The molecule has 42 heavy (non-hydrogen) atoms. The molecule has 6 rings (SSSR count). The first-order valence-corrected chi connectivity index (χ1v) is 13.7. The summed E-state index contributed by atoms with van der Waals surface area (Å²) in [5.41, 5.74) is 16.7. The summed E-state index contributed by atoms with van der Waals surface area (Å²) in [5, 5.41) is 9.37. The van der Waals surface area contributed by atoms with Crippen molar-refractivity contribution in [2.45, 2.75) is 6.54 Å². The summed E-state index contributed by atoms with van der Waals surface area (Å²) in [4.78, 5) is 45.5. The predicted octanol–water partition coefficient (Wildman–Crippen LogP) is 5.65. The molecule has 9 nitrogen and oxygen atoms in total. The first-order valence-electron chi connectivity index (χ1n) is 12.8. The average Bonchev–Trinajstić information content (AvgIpc) is 3.64. The van der Waals surface area contributed by atoms with Gasteiger partial charge in [0.05, 0.1) is 11.1 Å². The Kier molecular flexibility index (Phi) is 6.95. The number of aromatic amines is 1. The monoisotopic (exact) mass is 578 g/mol. The molecule has 0 unspecified atom stereocenters. The fraction of sp³-hybridized carbons (Fsp3) is 0.0323. The molecular formula is C31H23FN6O3S. The van der Waals surface area contributed by atoms with Gasteiger partial charge in [-0.05, 0) is 65.2 Å². The Hall–Kier alpha value is -5.39. The van der Waals surface area contributed by atoms with Crippen LogP contribution in [0, 0.1) is 5.82 Å². The number of carbonyl (C=O) groups is 3. The number of benzene rings is 4. The molecule has 2 heterocycles. The Bertz CT molecular complexity index is 2000. The van der Waals surface area contributed by atoms with Crippen molar-refractivity contribution in [3.8, 4) is 11.1 Å². The van der Waals surface area contributed by atoms with E-state index in [-0.39, 0.29) is 18.0 Å². The van der Waals surface area contributed by atoms with Gasteiger partial charge in [-0.3, -0.25) is 19.7 Å². The van der Waals surface area contributed by atoms with Gasteiger partial charge in [0.2, 0.25) is 0 Å². The number of amides is 3. The van der Waals surface area contributed by atoms with Crippen molar-refractivity contribution in [2.75, 3.05) is 10.6 Å². The Morgan fingerprint density at radius 3 is 2.38 bits per heavy atom. The van der Waals surface area contributed by atoms with Crippen LogP contribution in [0.15, 0.2) is 84.4 Å². The Balaban J connectivity index is 1.47. The van der Waals surface area contributed by atoms with Gasteiger partial charge in [-0.25, -0.2) is 9.37 Å². The zero-order chi connectivity index (χ0) is 29.4. The number of hydrogen-bond donors (Lipinski definition) is 5. The third kappa shape index (κ3) is 4.87. The van der Waals surface area contributed by atoms with Crippen molar-refractivity contribution in [3.63, 3.8) is 0 Å². The molecule has 0 saturated carbocycles. The predicted molar refractivity (Wildman–Crippen MR) is 162 cm³/mol. The normalized spacial score (nSPS) is 11.1. The van der Waals surface area contributed by atoms with Gasteiger partial charge in [0.1, 0.15) is 5.82 Å². The second kappa shape index (κ2) is 10.9. The van der Waals surface area contributed by atoms with Gasteiger partial charge < -0.3 is 21.8 Å². The van der Waals surface area contributed by atoms with Crippen LogP contribution in [0.5, 0.6) is 0 Å². The average molecular weight is 579 g/mol. The third-order valence-corrected chi connectivity index (χ3v) is 7.65. The van der Waals surface area contributed by atoms with Crippen molar-refractivity contribution >= 4 is 61.7 Å². The van der Waals surface area contributed by atoms with E-state index in [9.17, 15) is 18.8 Å². The lowest BCUT2D eigenvalue weighted by Gasteiger charge is -2.16. The van der Waals surface area contributed by atoms with Crippen LogP contribution in [-0.4, -0.2) is 27.7 Å². The molecule has 0 bridgehead atoms. The van der Waals surface area contributed by atoms with Crippen LogP contribution >= 0.6 is 11.3 Å². The maximum Gasteiger partial charge on any atom is 0.257 e. The number of fused-ring (bicyclic) bond motifs is 3. The molecule has 0 radical (unpaired) electrons. The smallest absolute Gasteiger partial charge is 0.257 e. The summed E-state index contributed by atoms with van der Waals surface area (Å²) >= 11 is 1.31. The first-order chi connectivity index (χ1) is 20.3. The molecule has 0 aliphatic rings. The van der Waals surface area contributed by atoms with Gasteiger partial charge in [0.25, 0.3) is 17.7 Å². The standard InChI is InChI=1S/C31H23FN6O3S/c32-18-7-4-16(5-8-18)29(40)37-24-3-1-2-19(23(24)15-33)20-10-11-22(28(34)39)27-26(20)21-9-6-17(14-25(21)36-27)30(41)38-31-35-12-13-42-31/h1-14,36H,15,33H2,(H2,34,39)(H,37,40)(H,35,38,41). The molecule has 7 N–H and O–H groups in total. The molecule has 11 heteroatoms. The number of rotatable bonds is 7. The van der Waals surface area contributed by atoms with E-state index in [1.165, 1.54) is 35.6 Å². The molecule has 0 fully saturated rings. The summed E-state index contributed by atoms with van der Waals surface area (Å²) in [6.45, 7) is 0.0949. The minimum Gasteiger partial charge on any atom is -0.366 e. The highest BCUT2D eigenvalue weighted by atomic mass is 32.1. The van der Waals surface area contributed by atoms with Crippen molar-refractivity contribution < 1.29 is 18.8 Å². The number of aromatic nitrogens is 2. The van der Waals surface area contributed by atoms with E-state index in [1.54, 1.807) is 48.0 Å². The number of anilines is 2. The lowest BCUT2D eigenvalue weighted by atomic mass is 9.92. The quantitative estimate of drug-likeness (QED) is 0.166. The summed E-state index contributed by atoms with van der Waals surface area (Å²) in [6.07, 6.45) is 1.60. The third-order valence-electron chi connectivity index (χ3n) is 6.96. The first kappa shape index (κ1) is 26.8. The maximum atomic E-state index is 13.4. The van der Waals surface area contributed by atoms with Crippen LogP contribution < -0.4 is 22.1 Å². The molecule has 0 saturated heterocycles.